The van der Waals surface area contributed by atoms with Crippen molar-refractivity contribution >= 4 is 5.69 Å². The van der Waals surface area contributed by atoms with Gasteiger partial charge in [0.15, 0.2) is 0 Å². The predicted octanol–water partition coefficient (Wildman–Crippen LogP) is 4.69. The van der Waals surface area contributed by atoms with Gasteiger partial charge in [0, 0.05) is 29.9 Å². The molecule has 0 saturated carbocycles. The molecule has 1 N–H and O–H groups in total. The Morgan fingerprint density at radius 2 is 1.90 bits per heavy atom. The van der Waals surface area contributed by atoms with Crippen LogP contribution >= 0.6 is 0 Å². The molecule has 2 heteroatoms. The number of anilines is 1. The molecule has 0 unspecified atom stereocenters. The molecule has 2 rings (SSSR count). The van der Waals surface area contributed by atoms with Crippen LogP contribution in [0.5, 0.6) is 0 Å². The van der Waals surface area contributed by atoms with Crippen molar-refractivity contribution < 1.29 is 0 Å². The van der Waals surface area contributed by atoms with Gasteiger partial charge in [-0.3, -0.25) is 0 Å². The summed E-state index contributed by atoms with van der Waals surface area (Å²) >= 11 is 0. The number of hydrogen-bond donors (Lipinski definition) is 1. The van der Waals surface area contributed by atoms with Crippen LogP contribution in [0.15, 0.2) is 18.2 Å². The third kappa shape index (κ3) is 3.42. The zero-order chi connectivity index (χ0) is 15.8. The van der Waals surface area contributed by atoms with E-state index in [0.29, 0.717) is 18.0 Å². The van der Waals surface area contributed by atoms with E-state index in [1.807, 2.05) is 0 Å². The van der Waals surface area contributed by atoms with Gasteiger partial charge < -0.3 is 10.2 Å². The molecule has 0 spiro atoms. The van der Waals surface area contributed by atoms with Crippen LogP contribution in [0.2, 0.25) is 0 Å². The largest absolute Gasteiger partial charge is 0.364 e. The third-order valence-electron chi connectivity index (χ3n) is 4.57. The molecular formula is C19H32N2. The van der Waals surface area contributed by atoms with E-state index in [1.54, 1.807) is 0 Å². The summed E-state index contributed by atoms with van der Waals surface area (Å²) in [4.78, 5) is 2.60. The van der Waals surface area contributed by atoms with Crippen LogP contribution < -0.4 is 10.2 Å². The summed E-state index contributed by atoms with van der Waals surface area (Å²) < 4.78 is 0. The molecular weight excluding hydrogens is 256 g/mol. The molecule has 1 aromatic carbocycles. The van der Waals surface area contributed by atoms with Gasteiger partial charge in [-0.1, -0.05) is 32.9 Å². The minimum Gasteiger partial charge on any atom is -0.364 e. The highest BCUT2D eigenvalue weighted by molar-refractivity contribution is 5.61. The molecule has 1 aromatic rings. The monoisotopic (exact) mass is 288 g/mol. The molecule has 1 aliphatic rings. The van der Waals surface area contributed by atoms with Gasteiger partial charge in [-0.05, 0) is 57.2 Å². The smallest absolute Gasteiger partial charge is 0.0408 e. The summed E-state index contributed by atoms with van der Waals surface area (Å²) in [5.74, 6) is 0.629. The first-order chi connectivity index (χ1) is 9.72. The standard InChI is InChI=1S/C19H32N2/c1-13(2)20-12-16-8-9-18-17(10-16)15(5)11-19(6,7)21(18)14(3)4/h8-10,13-15,20H,11-12H2,1-7H3/t15-/m0/s1. The van der Waals surface area contributed by atoms with Crippen molar-refractivity contribution in [1.82, 2.24) is 5.32 Å². The third-order valence-corrected chi connectivity index (χ3v) is 4.57. The van der Waals surface area contributed by atoms with E-state index in [2.05, 4.69) is 76.9 Å². The molecule has 1 aliphatic heterocycles. The van der Waals surface area contributed by atoms with Gasteiger partial charge in [-0.2, -0.15) is 0 Å². The van der Waals surface area contributed by atoms with Crippen molar-refractivity contribution in [2.75, 3.05) is 4.90 Å². The van der Waals surface area contributed by atoms with Crippen molar-refractivity contribution in [3.8, 4) is 0 Å². The van der Waals surface area contributed by atoms with E-state index < -0.39 is 0 Å². The van der Waals surface area contributed by atoms with Gasteiger partial charge >= 0.3 is 0 Å². The lowest BCUT2D eigenvalue weighted by Gasteiger charge is -2.50. The molecule has 0 amide bonds. The molecule has 0 saturated heterocycles. The topological polar surface area (TPSA) is 15.3 Å². The van der Waals surface area contributed by atoms with Gasteiger partial charge in [0.2, 0.25) is 0 Å². The summed E-state index contributed by atoms with van der Waals surface area (Å²) in [5, 5.41) is 3.52. The average molecular weight is 288 g/mol. The summed E-state index contributed by atoms with van der Waals surface area (Å²) in [6, 6.07) is 8.11. The number of benzene rings is 1. The molecule has 2 nitrogen and oxygen atoms in total. The van der Waals surface area contributed by atoms with E-state index in [4.69, 9.17) is 0 Å². The van der Waals surface area contributed by atoms with Crippen molar-refractivity contribution in [2.45, 2.75) is 85.0 Å². The molecule has 0 aromatic heterocycles. The Labute approximate surface area is 130 Å². The second kappa shape index (κ2) is 6.00. The fraction of sp³-hybridized carbons (Fsp3) is 0.684. The Balaban J connectivity index is 2.36. The molecule has 0 aliphatic carbocycles. The molecule has 0 radical (unpaired) electrons. The lowest BCUT2D eigenvalue weighted by Crippen LogP contribution is -2.51. The number of nitrogens with zero attached hydrogens (tertiary/aromatic N) is 1. The zero-order valence-electron chi connectivity index (χ0n) is 14.8. The Kier molecular flexibility index (Phi) is 4.67. The van der Waals surface area contributed by atoms with Crippen LogP contribution in [0.1, 0.15) is 71.9 Å². The second-order valence-corrected chi connectivity index (χ2v) is 7.81. The summed E-state index contributed by atoms with van der Waals surface area (Å²) in [6.07, 6.45) is 1.22. The van der Waals surface area contributed by atoms with Gasteiger partial charge in [0.1, 0.15) is 0 Å². The first-order valence-electron chi connectivity index (χ1n) is 8.38. The summed E-state index contributed by atoms with van der Waals surface area (Å²) in [6.45, 7) is 17.1. The van der Waals surface area contributed by atoms with Crippen LogP contribution in [-0.2, 0) is 6.54 Å². The highest BCUT2D eigenvalue weighted by Crippen LogP contribution is 2.44. The molecule has 21 heavy (non-hydrogen) atoms. The first-order valence-corrected chi connectivity index (χ1v) is 8.38. The average Bonchev–Trinajstić information content (AvgIpc) is 2.35. The van der Waals surface area contributed by atoms with Crippen molar-refractivity contribution in [3.05, 3.63) is 29.3 Å². The maximum absolute atomic E-state index is 3.52. The second-order valence-electron chi connectivity index (χ2n) is 7.81. The molecule has 0 fully saturated rings. The molecule has 1 atom stereocenters. The highest BCUT2D eigenvalue weighted by atomic mass is 15.2. The molecule has 1 heterocycles. The Bertz CT molecular complexity index is 488. The van der Waals surface area contributed by atoms with E-state index >= 15 is 0 Å². The minimum absolute atomic E-state index is 0.234. The molecule has 0 bridgehead atoms. The lowest BCUT2D eigenvalue weighted by molar-refractivity contribution is 0.356. The van der Waals surface area contributed by atoms with Crippen molar-refractivity contribution in [1.29, 1.82) is 0 Å². The van der Waals surface area contributed by atoms with Gasteiger partial charge in [0.05, 0.1) is 0 Å². The lowest BCUT2D eigenvalue weighted by atomic mass is 9.79. The van der Waals surface area contributed by atoms with E-state index in [-0.39, 0.29) is 5.54 Å². The quantitative estimate of drug-likeness (QED) is 0.865. The Morgan fingerprint density at radius 3 is 2.48 bits per heavy atom. The Morgan fingerprint density at radius 1 is 1.24 bits per heavy atom. The number of fused-ring (bicyclic) bond motifs is 1. The van der Waals surface area contributed by atoms with Crippen LogP contribution in [-0.4, -0.2) is 17.6 Å². The predicted molar refractivity (Wildman–Crippen MR) is 93.1 cm³/mol. The van der Waals surface area contributed by atoms with E-state index in [0.717, 1.165) is 6.54 Å². The fourth-order valence-electron chi connectivity index (χ4n) is 3.91. The SMILES string of the molecule is CC(C)NCc1ccc2c(c1)[C@@H](C)CC(C)(C)N2C(C)C. The number of hydrogen-bond acceptors (Lipinski definition) is 2. The van der Waals surface area contributed by atoms with Crippen molar-refractivity contribution in [2.24, 2.45) is 0 Å². The first kappa shape index (κ1) is 16.4. The van der Waals surface area contributed by atoms with Gasteiger partial charge in [-0.25, -0.2) is 0 Å². The molecule has 118 valence electrons. The summed E-state index contributed by atoms with van der Waals surface area (Å²) in [5.41, 5.74) is 4.59. The minimum atomic E-state index is 0.234. The summed E-state index contributed by atoms with van der Waals surface area (Å²) in [7, 11) is 0. The van der Waals surface area contributed by atoms with Gasteiger partial charge in [-0.15, -0.1) is 0 Å². The zero-order valence-corrected chi connectivity index (χ0v) is 14.8. The maximum atomic E-state index is 3.52. The fourth-order valence-corrected chi connectivity index (χ4v) is 3.91. The highest BCUT2D eigenvalue weighted by Gasteiger charge is 2.37. The normalized spacial score (nSPS) is 21.0. The Hall–Kier alpha value is -1.02. The van der Waals surface area contributed by atoms with Crippen molar-refractivity contribution in [3.63, 3.8) is 0 Å². The van der Waals surface area contributed by atoms with E-state index in [1.165, 1.54) is 23.2 Å². The number of rotatable bonds is 4. The van der Waals surface area contributed by atoms with Crippen LogP contribution in [0.4, 0.5) is 5.69 Å². The van der Waals surface area contributed by atoms with E-state index in [9.17, 15) is 0 Å². The van der Waals surface area contributed by atoms with Gasteiger partial charge in [0.25, 0.3) is 0 Å². The van der Waals surface area contributed by atoms with Crippen LogP contribution in [0.3, 0.4) is 0 Å². The van der Waals surface area contributed by atoms with Crippen LogP contribution in [0.25, 0.3) is 0 Å². The maximum Gasteiger partial charge on any atom is 0.0408 e. The van der Waals surface area contributed by atoms with Crippen LogP contribution in [0, 0.1) is 0 Å². The number of nitrogens with one attached hydrogen (secondary N) is 1.